The molecular weight excluding hydrogens is 1100 g/mol. The minimum atomic E-state index is -2.07. The van der Waals surface area contributed by atoms with Gasteiger partial charge in [-0.3, -0.25) is 4.79 Å². The highest BCUT2D eigenvalue weighted by Crippen LogP contribution is 2.76. The number of benzene rings is 1. The third kappa shape index (κ3) is 10.5. The summed E-state index contributed by atoms with van der Waals surface area (Å²) in [5.74, 6) is -4.51. The van der Waals surface area contributed by atoms with E-state index in [0.717, 1.165) is 11.1 Å². The van der Waals surface area contributed by atoms with Gasteiger partial charge in [-0.2, -0.15) is 0 Å². The lowest BCUT2D eigenvalue weighted by Gasteiger charge is -2.73. The summed E-state index contributed by atoms with van der Waals surface area (Å²) in [6.45, 7) is 15.5. The van der Waals surface area contributed by atoms with Crippen LogP contribution in [0.1, 0.15) is 113 Å². The molecule has 84 heavy (non-hydrogen) atoms. The Labute approximate surface area is 489 Å². The Balaban J connectivity index is 1.02. The van der Waals surface area contributed by atoms with E-state index in [-0.39, 0.29) is 18.3 Å². The van der Waals surface area contributed by atoms with Gasteiger partial charge in [-0.05, 0) is 90.6 Å². The molecule has 5 aliphatic carbocycles. The first-order chi connectivity index (χ1) is 39.4. The second-order valence-corrected chi connectivity index (χ2v) is 27.2. The number of carbonyl (C=O) groups excluding carboxylic acids is 2. The highest BCUT2D eigenvalue weighted by molar-refractivity contribution is 5.87. The molecule has 3 aliphatic heterocycles. The molecule has 0 aromatic heterocycles. The van der Waals surface area contributed by atoms with Gasteiger partial charge in [-0.1, -0.05) is 104 Å². The van der Waals surface area contributed by atoms with Crippen LogP contribution in [-0.4, -0.2) is 216 Å². The number of esters is 2. The van der Waals surface area contributed by atoms with Crippen molar-refractivity contribution in [2.24, 2.45) is 56.2 Å². The van der Waals surface area contributed by atoms with E-state index >= 15 is 0 Å². The smallest absolute Gasteiger partial charge is 0.335 e. The molecule has 23 nitrogen and oxygen atoms in total. The van der Waals surface area contributed by atoms with Crippen LogP contribution in [0.2, 0.25) is 0 Å². The zero-order chi connectivity index (χ0) is 61.6. The van der Waals surface area contributed by atoms with E-state index in [1.54, 1.807) is 13.0 Å². The first-order valence-electron chi connectivity index (χ1n) is 29.7. The average molecular weight is 1190 g/mol. The van der Waals surface area contributed by atoms with Gasteiger partial charge in [0.15, 0.2) is 31.1 Å². The number of allylic oxidation sites excluding steroid dienone is 1. The van der Waals surface area contributed by atoms with E-state index in [9.17, 15) is 75.7 Å². The minimum Gasteiger partial charge on any atom is -0.479 e. The van der Waals surface area contributed by atoms with Gasteiger partial charge in [0.1, 0.15) is 67.1 Å². The molecule has 472 valence electrons. The van der Waals surface area contributed by atoms with Crippen molar-refractivity contribution in [3.8, 4) is 0 Å². The van der Waals surface area contributed by atoms with Gasteiger partial charge in [-0.25, -0.2) is 9.59 Å². The summed E-state index contributed by atoms with van der Waals surface area (Å²) in [6, 6.07) is 9.17. The third-order valence-electron chi connectivity index (χ3n) is 22.1. The van der Waals surface area contributed by atoms with E-state index in [2.05, 4.69) is 19.9 Å². The van der Waals surface area contributed by atoms with Gasteiger partial charge < -0.3 is 99.2 Å². The van der Waals surface area contributed by atoms with Crippen LogP contribution in [0.15, 0.2) is 48.1 Å². The number of aliphatic carboxylic acids is 1. The third-order valence-corrected chi connectivity index (χ3v) is 22.1. The molecule has 8 aliphatic rings. The van der Waals surface area contributed by atoms with E-state index in [0.29, 0.717) is 38.5 Å². The molecule has 23 heteroatoms. The van der Waals surface area contributed by atoms with Crippen LogP contribution >= 0.6 is 0 Å². The highest BCUT2D eigenvalue weighted by Gasteiger charge is 2.76. The van der Waals surface area contributed by atoms with Crippen LogP contribution in [0, 0.1) is 56.2 Å². The first kappa shape index (κ1) is 64.9. The molecule has 1 aromatic carbocycles. The number of ether oxygens (including phenoxy) is 8. The van der Waals surface area contributed by atoms with Gasteiger partial charge in [0.25, 0.3) is 0 Å². The summed E-state index contributed by atoms with van der Waals surface area (Å²) in [6.07, 6.45) is -23.7. The predicted octanol–water partition coefficient (Wildman–Crippen LogP) is 1.09. The number of aliphatic hydroxyl groups is 11. The number of carbonyl (C=O) groups is 3. The molecular formula is C61H90O23. The SMILES string of the molecule is CCC(C)C(=O)O[C@H]1[C@H](OC(=O)/C=C/c2ccccc2)C(C)(C)C[C@H]2C3=CC[C@@H]4[C@@]5(C)CC[C@H](O[C@@H]6O[C@H](C(=O)O)[C@@H](O[C@@H]7O[C@@H](CO)[C@H](O)[C@H]7O)[C@H](O)[C@H]6O[C@@H]6O[C@H](CO)[C@@H](O)[C@H](O)[C@H]6O)C(C)(C)[C@@H]5CC[C@@]4(C)[C@]3(C)[C@@H](O)[C@@H](O)[C@]21CO. The quantitative estimate of drug-likeness (QED) is 0.0477. The molecule has 3 saturated heterocycles. The van der Waals surface area contributed by atoms with Crippen molar-refractivity contribution in [3.05, 3.63) is 53.6 Å². The molecule has 0 spiro atoms. The summed E-state index contributed by atoms with van der Waals surface area (Å²) in [5.41, 5.74) is -4.21. The summed E-state index contributed by atoms with van der Waals surface area (Å²) < 4.78 is 48.8. The molecule has 0 radical (unpaired) electrons. The lowest BCUT2D eigenvalue weighted by Crippen LogP contribution is -2.76. The van der Waals surface area contributed by atoms with Gasteiger partial charge in [0.2, 0.25) is 0 Å². The highest BCUT2D eigenvalue weighted by atomic mass is 16.8. The maximum Gasteiger partial charge on any atom is 0.335 e. The molecule has 12 N–H and O–H groups in total. The number of carboxylic acids is 1. The standard InChI is InChI=1S/C61H90O23/c1-10-28(2)52(76)84-50-49(80-37(65)19-16-29-14-12-11-13-15-29)56(3,4)24-31-30-17-18-35-58(7)22-21-36(57(5,6)34(58)20-23-59(35,8)60(30,9)47(72)48(73)61(31,50)27-64)79-55-45(82-54-42(70)40(68)38(66)32(25-62)77-54)43(71)44(46(83-55)51(74)75)81-53-41(69)39(67)33(26-63)78-53/h11-17,19,28,31-36,38-50,53-55,62-64,66-73H,10,18,20-27H2,1-9H3,(H,74,75)/b19-16+/t28?,31-,32+,33-,34-,35+,36-,38+,39-,40-,41+,42+,43-,44-,45+,46-,47-,48+,49-,50-,53-,54-,55+,58-,59+,60-,61-/m0/s1. The van der Waals surface area contributed by atoms with Crippen molar-refractivity contribution in [2.75, 3.05) is 19.8 Å². The van der Waals surface area contributed by atoms with Crippen LogP contribution < -0.4 is 0 Å². The van der Waals surface area contributed by atoms with Crippen LogP contribution in [-0.2, 0) is 52.3 Å². The van der Waals surface area contributed by atoms with Gasteiger partial charge in [0, 0.05) is 16.9 Å². The van der Waals surface area contributed by atoms with Crippen molar-refractivity contribution in [1.29, 1.82) is 0 Å². The normalized spacial score (nSPS) is 47.3. The lowest BCUT2D eigenvalue weighted by molar-refractivity contribution is -0.383. The molecule has 4 saturated carbocycles. The molecule has 0 amide bonds. The number of hydrogen-bond donors (Lipinski definition) is 12. The summed E-state index contributed by atoms with van der Waals surface area (Å²) in [4.78, 5) is 40.9. The second-order valence-electron chi connectivity index (χ2n) is 27.2. The molecule has 1 aromatic rings. The van der Waals surface area contributed by atoms with Crippen molar-refractivity contribution in [1.82, 2.24) is 0 Å². The monoisotopic (exact) mass is 1190 g/mol. The zero-order valence-electron chi connectivity index (χ0n) is 49.3. The molecule has 27 atom stereocenters. The topological polar surface area (TPSA) is 368 Å². The second kappa shape index (κ2) is 24.1. The van der Waals surface area contributed by atoms with Gasteiger partial charge in [0.05, 0.1) is 49.5 Å². The van der Waals surface area contributed by atoms with Crippen LogP contribution in [0.4, 0.5) is 0 Å². The fourth-order valence-corrected chi connectivity index (χ4v) is 16.9. The summed E-state index contributed by atoms with van der Waals surface area (Å²) in [5, 5.41) is 134. The van der Waals surface area contributed by atoms with Crippen LogP contribution in [0.3, 0.4) is 0 Å². The van der Waals surface area contributed by atoms with E-state index in [1.165, 1.54) is 6.08 Å². The Kier molecular flexibility index (Phi) is 18.6. The Morgan fingerprint density at radius 3 is 1.89 bits per heavy atom. The molecule has 7 fully saturated rings. The molecule has 9 rings (SSSR count). The number of fused-ring (bicyclic) bond motifs is 7. The van der Waals surface area contributed by atoms with Crippen molar-refractivity contribution >= 4 is 24.0 Å². The van der Waals surface area contributed by atoms with Gasteiger partial charge in [-0.15, -0.1) is 0 Å². The Morgan fingerprint density at radius 2 is 1.30 bits per heavy atom. The summed E-state index contributed by atoms with van der Waals surface area (Å²) in [7, 11) is 0. The minimum absolute atomic E-state index is 0.150. The summed E-state index contributed by atoms with van der Waals surface area (Å²) >= 11 is 0. The molecule has 3 heterocycles. The molecule has 0 bridgehead atoms. The Morgan fingerprint density at radius 1 is 0.690 bits per heavy atom. The van der Waals surface area contributed by atoms with Crippen molar-refractivity contribution < 1.29 is 114 Å². The van der Waals surface area contributed by atoms with E-state index in [4.69, 9.17) is 37.9 Å². The van der Waals surface area contributed by atoms with Crippen LogP contribution in [0.5, 0.6) is 0 Å². The van der Waals surface area contributed by atoms with E-state index < -0.39 is 199 Å². The number of carboxylic acid groups (broad SMARTS) is 1. The number of rotatable bonds is 16. The maximum absolute atomic E-state index is 14.0. The number of aliphatic hydroxyl groups excluding tert-OH is 11. The average Bonchev–Trinajstić information content (AvgIpc) is 0.786. The number of hydrogen-bond acceptors (Lipinski definition) is 22. The van der Waals surface area contributed by atoms with E-state index in [1.807, 2.05) is 71.9 Å². The fraction of sp³-hybridized carbons (Fsp3) is 0.787. The predicted molar refractivity (Wildman–Crippen MR) is 293 cm³/mol. The maximum atomic E-state index is 14.0. The van der Waals surface area contributed by atoms with Crippen molar-refractivity contribution in [3.63, 3.8) is 0 Å². The van der Waals surface area contributed by atoms with Crippen molar-refractivity contribution in [2.45, 2.75) is 224 Å². The lowest BCUT2D eigenvalue weighted by atomic mass is 9.32. The Hall–Kier alpha value is -3.57. The fourth-order valence-electron chi connectivity index (χ4n) is 16.9. The Bertz CT molecular complexity index is 2580. The zero-order valence-corrected chi connectivity index (χ0v) is 49.3. The van der Waals surface area contributed by atoms with Crippen LogP contribution in [0.25, 0.3) is 6.08 Å². The van der Waals surface area contributed by atoms with Gasteiger partial charge >= 0.3 is 17.9 Å². The first-order valence-corrected chi connectivity index (χ1v) is 29.7. The molecule has 1 unspecified atom stereocenters. The largest absolute Gasteiger partial charge is 0.479 e.